The molecular weight excluding hydrogens is 482 g/mol. The first-order valence-corrected chi connectivity index (χ1v) is 11.9. The number of hydrogen-bond acceptors (Lipinski definition) is 9. The van der Waals surface area contributed by atoms with Crippen molar-refractivity contribution in [2.24, 2.45) is 0 Å². The predicted molar refractivity (Wildman–Crippen MR) is 134 cm³/mol. The number of aliphatic hydroxyl groups is 1. The Morgan fingerprint density at radius 3 is 2.44 bits per heavy atom. The number of rotatable bonds is 5. The minimum atomic E-state index is -0.984. The third-order valence-corrected chi connectivity index (χ3v) is 7.04. The van der Waals surface area contributed by atoms with E-state index in [0.29, 0.717) is 33.4 Å². The summed E-state index contributed by atoms with van der Waals surface area (Å²) in [6, 6.07) is 7.87. The number of ether oxygens (including phenoxy) is 2. The number of aromatic nitrogens is 4. The van der Waals surface area contributed by atoms with E-state index in [0.717, 1.165) is 5.56 Å². The molecule has 1 amide bonds. The van der Waals surface area contributed by atoms with Crippen LogP contribution in [0.15, 0.2) is 42.1 Å². The van der Waals surface area contributed by atoms with Gasteiger partial charge in [0.1, 0.15) is 16.3 Å². The summed E-state index contributed by atoms with van der Waals surface area (Å²) in [5.41, 5.74) is 2.84. The van der Waals surface area contributed by atoms with Crippen LogP contribution in [0.5, 0.6) is 11.5 Å². The van der Waals surface area contributed by atoms with Crippen LogP contribution in [0, 0.1) is 20.8 Å². The van der Waals surface area contributed by atoms with Crippen LogP contribution in [-0.2, 0) is 9.59 Å². The summed E-state index contributed by atoms with van der Waals surface area (Å²) >= 11 is 1.18. The van der Waals surface area contributed by atoms with E-state index < -0.39 is 17.7 Å². The van der Waals surface area contributed by atoms with Crippen LogP contribution in [0.4, 0.5) is 5.13 Å². The maximum absolute atomic E-state index is 13.4. The number of pyridine rings is 1. The molecule has 184 valence electrons. The molecule has 1 aliphatic rings. The molecule has 1 fully saturated rings. The standard InChI is InChI=1S/C25H23N5O5S/c1-12-7-6-10-29-13(2)19(26-23(12)29)21(31)18-20(15-8-9-16(34-4)17(11-15)35-5)30(24(33)22(18)32)25-28-27-14(3)36-25/h6-11,20,31H,1-5H3/b21-18+. The van der Waals surface area contributed by atoms with Gasteiger partial charge < -0.3 is 19.0 Å². The summed E-state index contributed by atoms with van der Waals surface area (Å²) in [6.07, 6.45) is 1.83. The van der Waals surface area contributed by atoms with Crippen molar-refractivity contribution in [1.29, 1.82) is 0 Å². The van der Waals surface area contributed by atoms with Crippen molar-refractivity contribution in [1.82, 2.24) is 19.6 Å². The van der Waals surface area contributed by atoms with Gasteiger partial charge in [0.25, 0.3) is 5.78 Å². The predicted octanol–water partition coefficient (Wildman–Crippen LogP) is 3.75. The Balaban J connectivity index is 1.78. The second-order valence-electron chi connectivity index (χ2n) is 8.32. The summed E-state index contributed by atoms with van der Waals surface area (Å²) in [5, 5.41) is 20.5. The van der Waals surface area contributed by atoms with Gasteiger partial charge in [-0.3, -0.25) is 14.5 Å². The van der Waals surface area contributed by atoms with Gasteiger partial charge in [-0.25, -0.2) is 4.98 Å². The Labute approximate surface area is 210 Å². The first-order valence-electron chi connectivity index (χ1n) is 11.0. The number of benzene rings is 1. The van der Waals surface area contributed by atoms with E-state index in [2.05, 4.69) is 15.2 Å². The van der Waals surface area contributed by atoms with Gasteiger partial charge in [-0.1, -0.05) is 23.5 Å². The lowest BCUT2D eigenvalue weighted by Crippen LogP contribution is -2.29. The number of Topliss-reactive ketones (excluding diaryl/α,β-unsaturated/α-hetero) is 1. The van der Waals surface area contributed by atoms with Gasteiger partial charge in [-0.2, -0.15) is 0 Å². The molecular formula is C25H23N5O5S. The van der Waals surface area contributed by atoms with E-state index in [4.69, 9.17) is 9.47 Å². The van der Waals surface area contributed by atoms with Crippen LogP contribution in [0.25, 0.3) is 11.4 Å². The number of carbonyl (C=O) groups excluding carboxylic acids is 2. The number of anilines is 1. The third kappa shape index (κ3) is 3.51. The Morgan fingerprint density at radius 1 is 1.06 bits per heavy atom. The van der Waals surface area contributed by atoms with Crippen molar-refractivity contribution in [2.75, 3.05) is 19.1 Å². The molecule has 1 aliphatic heterocycles. The second kappa shape index (κ2) is 8.76. The molecule has 1 aromatic carbocycles. The van der Waals surface area contributed by atoms with E-state index >= 15 is 0 Å². The number of hydrogen-bond donors (Lipinski definition) is 1. The van der Waals surface area contributed by atoms with Crippen LogP contribution < -0.4 is 14.4 Å². The van der Waals surface area contributed by atoms with E-state index in [1.807, 2.05) is 29.7 Å². The molecule has 11 heteroatoms. The number of amides is 1. The highest BCUT2D eigenvalue weighted by atomic mass is 32.1. The molecule has 1 N–H and O–H groups in total. The smallest absolute Gasteiger partial charge is 0.301 e. The van der Waals surface area contributed by atoms with E-state index in [1.165, 1.54) is 30.5 Å². The zero-order valence-corrected chi connectivity index (χ0v) is 21.1. The van der Waals surface area contributed by atoms with E-state index in [-0.39, 0.29) is 22.2 Å². The van der Waals surface area contributed by atoms with E-state index in [9.17, 15) is 14.7 Å². The van der Waals surface area contributed by atoms with Crippen LogP contribution in [0.3, 0.4) is 0 Å². The fourth-order valence-corrected chi connectivity index (χ4v) is 5.14. The van der Waals surface area contributed by atoms with Gasteiger partial charge in [0.2, 0.25) is 5.13 Å². The highest BCUT2D eigenvalue weighted by molar-refractivity contribution is 7.15. The summed E-state index contributed by atoms with van der Waals surface area (Å²) in [7, 11) is 3.01. The molecule has 10 nitrogen and oxygen atoms in total. The minimum absolute atomic E-state index is 0.0933. The number of imidazole rings is 1. The zero-order chi connectivity index (χ0) is 25.7. The van der Waals surface area contributed by atoms with Crippen LogP contribution in [0.1, 0.15) is 33.6 Å². The number of aliphatic hydroxyl groups excluding tert-OH is 1. The minimum Gasteiger partial charge on any atom is -0.505 e. The molecule has 0 radical (unpaired) electrons. The molecule has 1 unspecified atom stereocenters. The SMILES string of the molecule is COc1ccc(C2/C(=C(\O)c3nc4c(C)cccn4c3C)C(=O)C(=O)N2c2nnc(C)s2)cc1OC. The molecule has 0 bridgehead atoms. The summed E-state index contributed by atoms with van der Waals surface area (Å²) < 4.78 is 12.6. The van der Waals surface area contributed by atoms with Gasteiger partial charge in [0.05, 0.1) is 31.5 Å². The lowest BCUT2D eigenvalue weighted by Gasteiger charge is -2.23. The highest BCUT2D eigenvalue weighted by Crippen LogP contribution is 2.45. The van der Waals surface area contributed by atoms with Gasteiger partial charge in [0.15, 0.2) is 17.3 Å². The van der Waals surface area contributed by atoms with Crippen LogP contribution in [-0.4, -0.2) is 50.6 Å². The van der Waals surface area contributed by atoms with Crippen molar-refractivity contribution >= 4 is 39.6 Å². The summed E-state index contributed by atoms with van der Waals surface area (Å²) in [6.45, 7) is 5.46. The van der Waals surface area contributed by atoms with Crippen molar-refractivity contribution in [3.05, 3.63) is 69.6 Å². The van der Waals surface area contributed by atoms with Crippen molar-refractivity contribution in [2.45, 2.75) is 26.8 Å². The van der Waals surface area contributed by atoms with Crippen LogP contribution in [0.2, 0.25) is 0 Å². The summed E-state index contributed by atoms with van der Waals surface area (Å²) in [5.74, 6) is -1.12. The molecule has 1 saturated heterocycles. The van der Waals surface area contributed by atoms with Gasteiger partial charge in [-0.15, -0.1) is 10.2 Å². The molecule has 3 aromatic heterocycles. The number of methoxy groups -OCH3 is 2. The summed E-state index contributed by atoms with van der Waals surface area (Å²) in [4.78, 5) is 32.6. The van der Waals surface area contributed by atoms with E-state index in [1.54, 1.807) is 32.0 Å². The fourth-order valence-electron chi connectivity index (χ4n) is 4.43. The van der Waals surface area contributed by atoms with Crippen molar-refractivity contribution in [3.63, 3.8) is 0 Å². The Kier molecular flexibility index (Phi) is 5.71. The molecule has 0 aliphatic carbocycles. The number of fused-ring (bicyclic) bond motifs is 1. The Morgan fingerprint density at radius 2 is 1.81 bits per heavy atom. The number of ketones is 1. The third-order valence-electron chi connectivity index (χ3n) is 6.20. The maximum Gasteiger partial charge on any atom is 0.301 e. The monoisotopic (exact) mass is 505 g/mol. The van der Waals surface area contributed by atoms with Crippen LogP contribution >= 0.6 is 11.3 Å². The molecule has 0 spiro atoms. The average Bonchev–Trinajstić information content (AvgIpc) is 3.53. The van der Waals surface area contributed by atoms with Crippen molar-refractivity contribution < 1.29 is 24.2 Å². The Bertz CT molecular complexity index is 1570. The highest BCUT2D eigenvalue weighted by Gasteiger charge is 2.49. The van der Waals surface area contributed by atoms with Gasteiger partial charge in [0, 0.05) is 6.20 Å². The topological polar surface area (TPSA) is 119 Å². The number of carbonyl (C=O) groups is 2. The number of nitrogens with zero attached hydrogens (tertiary/aromatic N) is 5. The molecule has 36 heavy (non-hydrogen) atoms. The maximum atomic E-state index is 13.4. The first-order chi connectivity index (χ1) is 17.3. The Hall–Kier alpha value is -4.25. The average molecular weight is 506 g/mol. The number of aryl methyl sites for hydroxylation is 3. The van der Waals surface area contributed by atoms with Crippen molar-refractivity contribution in [3.8, 4) is 11.5 Å². The normalized spacial score (nSPS) is 17.2. The molecule has 0 saturated carbocycles. The molecule has 4 heterocycles. The largest absolute Gasteiger partial charge is 0.505 e. The molecule has 5 rings (SSSR count). The second-order valence-corrected chi connectivity index (χ2v) is 9.48. The zero-order valence-electron chi connectivity index (χ0n) is 20.3. The molecule has 1 atom stereocenters. The quantitative estimate of drug-likeness (QED) is 0.247. The lowest BCUT2D eigenvalue weighted by molar-refractivity contribution is -0.132. The molecule has 4 aromatic rings. The van der Waals surface area contributed by atoms with Gasteiger partial charge >= 0.3 is 5.91 Å². The lowest BCUT2D eigenvalue weighted by atomic mass is 9.96. The first kappa shape index (κ1) is 23.5. The fraction of sp³-hybridized carbons (Fsp3) is 0.240. The van der Waals surface area contributed by atoms with Gasteiger partial charge in [-0.05, 0) is 50.1 Å².